The number of nitrogens with zero attached hydrogens (tertiary/aromatic N) is 3. The summed E-state index contributed by atoms with van der Waals surface area (Å²) in [5, 5.41) is 11.5. The smallest absolute Gasteiger partial charge is 0.216 e. The van der Waals surface area contributed by atoms with E-state index in [2.05, 4.69) is 37.3 Å². The Labute approximate surface area is 141 Å². The van der Waals surface area contributed by atoms with E-state index in [1.807, 2.05) is 49.4 Å². The molecule has 0 aliphatic carbocycles. The topological polar surface area (TPSA) is 46.0 Å². The van der Waals surface area contributed by atoms with Crippen molar-refractivity contribution in [2.75, 3.05) is 0 Å². The molecule has 1 N–H and O–H groups in total. The molecule has 0 unspecified atom stereocenters. The molecular weight excluding hydrogens is 360 g/mol. The van der Waals surface area contributed by atoms with Gasteiger partial charge in [0.15, 0.2) is 5.82 Å². The highest BCUT2D eigenvalue weighted by atomic mass is 79.9. The molecule has 0 saturated heterocycles. The second-order valence-corrected chi connectivity index (χ2v) is 6.04. The minimum Gasteiger partial charge on any atom is -0.250 e. The van der Waals surface area contributed by atoms with Gasteiger partial charge in [-0.05, 0) is 36.8 Å². The molecule has 3 rings (SSSR count). The van der Waals surface area contributed by atoms with Gasteiger partial charge < -0.3 is 0 Å². The summed E-state index contributed by atoms with van der Waals surface area (Å²) in [5.74, 6) is 0.668. The van der Waals surface area contributed by atoms with Gasteiger partial charge in [0.25, 0.3) is 0 Å². The summed E-state index contributed by atoms with van der Waals surface area (Å²) < 4.78 is 3.02. The molecule has 0 aliphatic rings. The maximum absolute atomic E-state index is 5.27. The number of hydrogen-bond acceptors (Lipinski definition) is 3. The molecule has 0 spiro atoms. The molecule has 2 aromatic carbocycles. The molecule has 6 heteroatoms. The average Bonchev–Trinajstić information content (AvgIpc) is 2.87. The van der Waals surface area contributed by atoms with Crippen LogP contribution in [0, 0.1) is 11.7 Å². The second kappa shape index (κ2) is 6.37. The van der Waals surface area contributed by atoms with Crippen LogP contribution in [0.5, 0.6) is 0 Å². The third-order valence-corrected chi connectivity index (χ3v) is 4.09. The first-order chi connectivity index (χ1) is 10.6. The quantitative estimate of drug-likeness (QED) is 0.540. The van der Waals surface area contributed by atoms with E-state index >= 15 is 0 Å². The van der Waals surface area contributed by atoms with Gasteiger partial charge in [-0.2, -0.15) is 14.9 Å². The molecule has 0 saturated carbocycles. The standard InChI is InChI=1S/C16H13BrN4S/c1-11-5-4-6-12(9-11)10-18-21-15(19-20-16(21)22)13-7-2-3-8-14(13)17/h2-10H,1H3,(H,20,22)/b18-10-. The number of hydrogen-bond donors (Lipinski definition) is 1. The van der Waals surface area contributed by atoms with Crippen LogP contribution in [0.15, 0.2) is 58.1 Å². The molecule has 0 amide bonds. The molecule has 3 aromatic rings. The number of benzene rings is 2. The molecule has 0 atom stereocenters. The lowest BCUT2D eigenvalue weighted by Crippen LogP contribution is -1.95. The lowest BCUT2D eigenvalue weighted by molar-refractivity contribution is 0.871. The van der Waals surface area contributed by atoms with E-state index in [1.54, 1.807) is 10.9 Å². The Hall–Kier alpha value is -2.05. The van der Waals surface area contributed by atoms with Crippen LogP contribution in [-0.2, 0) is 0 Å². The predicted molar refractivity (Wildman–Crippen MR) is 94.7 cm³/mol. The Balaban J connectivity index is 2.04. The number of aromatic amines is 1. The fraction of sp³-hybridized carbons (Fsp3) is 0.0625. The molecule has 0 fully saturated rings. The first kappa shape index (κ1) is 14.9. The van der Waals surface area contributed by atoms with Crippen molar-refractivity contribution in [1.82, 2.24) is 14.9 Å². The molecule has 1 heterocycles. The van der Waals surface area contributed by atoms with Crippen LogP contribution >= 0.6 is 28.1 Å². The lowest BCUT2D eigenvalue weighted by Gasteiger charge is -2.03. The summed E-state index contributed by atoms with van der Waals surface area (Å²) in [6.45, 7) is 2.05. The van der Waals surface area contributed by atoms with Gasteiger partial charge in [-0.3, -0.25) is 0 Å². The number of aromatic nitrogens is 3. The van der Waals surface area contributed by atoms with Crippen molar-refractivity contribution in [3.05, 3.63) is 68.9 Å². The molecule has 0 radical (unpaired) electrons. The minimum atomic E-state index is 0.453. The highest BCUT2D eigenvalue weighted by Crippen LogP contribution is 2.26. The average molecular weight is 373 g/mol. The van der Waals surface area contributed by atoms with Crippen molar-refractivity contribution in [1.29, 1.82) is 0 Å². The van der Waals surface area contributed by atoms with Crippen LogP contribution in [0.25, 0.3) is 11.4 Å². The van der Waals surface area contributed by atoms with E-state index in [1.165, 1.54) is 5.56 Å². The number of rotatable bonds is 3. The fourth-order valence-corrected chi connectivity index (χ4v) is 2.73. The van der Waals surface area contributed by atoms with Gasteiger partial charge in [0, 0.05) is 10.0 Å². The van der Waals surface area contributed by atoms with Crippen LogP contribution in [0.4, 0.5) is 0 Å². The van der Waals surface area contributed by atoms with E-state index in [0.717, 1.165) is 15.6 Å². The molecule has 0 aliphatic heterocycles. The Kier molecular flexibility index (Phi) is 4.31. The first-order valence-electron chi connectivity index (χ1n) is 6.68. The SMILES string of the molecule is Cc1cccc(/C=N\n2c(-c3ccccc3Br)n[nH]c2=S)c1. The second-order valence-electron chi connectivity index (χ2n) is 4.80. The largest absolute Gasteiger partial charge is 0.250 e. The van der Waals surface area contributed by atoms with E-state index in [0.29, 0.717) is 10.6 Å². The normalized spacial score (nSPS) is 11.2. The number of H-pyrrole nitrogens is 1. The number of halogens is 1. The maximum atomic E-state index is 5.27. The van der Waals surface area contributed by atoms with Crippen molar-refractivity contribution >= 4 is 34.4 Å². The van der Waals surface area contributed by atoms with Gasteiger partial charge in [-0.15, -0.1) is 0 Å². The van der Waals surface area contributed by atoms with Gasteiger partial charge in [0.1, 0.15) is 0 Å². The highest BCUT2D eigenvalue weighted by Gasteiger charge is 2.10. The van der Waals surface area contributed by atoms with E-state index in [-0.39, 0.29) is 0 Å². The molecule has 1 aromatic heterocycles. The van der Waals surface area contributed by atoms with Gasteiger partial charge in [-0.1, -0.05) is 57.9 Å². The van der Waals surface area contributed by atoms with Crippen LogP contribution in [0.2, 0.25) is 0 Å². The van der Waals surface area contributed by atoms with Crippen LogP contribution in [0.3, 0.4) is 0 Å². The predicted octanol–water partition coefficient (Wildman–Crippen LogP) is 4.56. The van der Waals surface area contributed by atoms with Crippen LogP contribution < -0.4 is 0 Å². The van der Waals surface area contributed by atoms with Crippen molar-refractivity contribution in [2.24, 2.45) is 5.10 Å². The summed E-state index contributed by atoms with van der Waals surface area (Å²) in [5.41, 5.74) is 3.13. The Morgan fingerprint density at radius 3 is 2.82 bits per heavy atom. The molecule has 22 heavy (non-hydrogen) atoms. The van der Waals surface area contributed by atoms with Crippen molar-refractivity contribution in [3.8, 4) is 11.4 Å². The van der Waals surface area contributed by atoms with Gasteiger partial charge in [0.2, 0.25) is 4.77 Å². The maximum Gasteiger partial charge on any atom is 0.216 e. The highest BCUT2D eigenvalue weighted by molar-refractivity contribution is 9.10. The van der Waals surface area contributed by atoms with Crippen molar-refractivity contribution < 1.29 is 0 Å². The zero-order valence-electron chi connectivity index (χ0n) is 11.8. The van der Waals surface area contributed by atoms with Crippen molar-refractivity contribution in [2.45, 2.75) is 6.92 Å². The van der Waals surface area contributed by atoms with E-state index in [4.69, 9.17) is 12.2 Å². The molecular formula is C16H13BrN4S. The monoisotopic (exact) mass is 372 g/mol. The van der Waals surface area contributed by atoms with Crippen LogP contribution in [-0.4, -0.2) is 21.1 Å². The summed E-state index contributed by atoms with van der Waals surface area (Å²) in [7, 11) is 0. The van der Waals surface area contributed by atoms with Crippen LogP contribution in [0.1, 0.15) is 11.1 Å². The van der Waals surface area contributed by atoms with Gasteiger partial charge in [-0.25, -0.2) is 5.10 Å². The van der Waals surface area contributed by atoms with Gasteiger partial charge in [0.05, 0.1) is 6.21 Å². The van der Waals surface area contributed by atoms with E-state index < -0.39 is 0 Å². The van der Waals surface area contributed by atoms with E-state index in [9.17, 15) is 0 Å². The third kappa shape index (κ3) is 3.08. The summed E-state index contributed by atoms with van der Waals surface area (Å²) in [6, 6.07) is 15.9. The Morgan fingerprint density at radius 1 is 1.23 bits per heavy atom. The Bertz CT molecular complexity index is 895. The first-order valence-corrected chi connectivity index (χ1v) is 7.88. The summed E-state index contributed by atoms with van der Waals surface area (Å²) in [6.07, 6.45) is 1.78. The van der Waals surface area contributed by atoms with Gasteiger partial charge >= 0.3 is 0 Å². The summed E-state index contributed by atoms with van der Waals surface area (Å²) in [4.78, 5) is 0. The molecule has 110 valence electrons. The Morgan fingerprint density at radius 2 is 2.05 bits per heavy atom. The zero-order valence-corrected chi connectivity index (χ0v) is 14.2. The third-order valence-electron chi connectivity index (χ3n) is 3.13. The molecule has 0 bridgehead atoms. The zero-order chi connectivity index (χ0) is 15.5. The van der Waals surface area contributed by atoms with Crippen molar-refractivity contribution in [3.63, 3.8) is 0 Å². The fourth-order valence-electron chi connectivity index (χ4n) is 2.09. The molecule has 4 nitrogen and oxygen atoms in total. The number of nitrogens with one attached hydrogen (secondary N) is 1. The minimum absolute atomic E-state index is 0.453. The summed E-state index contributed by atoms with van der Waals surface area (Å²) >= 11 is 8.80. The lowest BCUT2D eigenvalue weighted by atomic mass is 10.2. The number of aryl methyl sites for hydroxylation is 1.